The predicted octanol–water partition coefficient (Wildman–Crippen LogP) is 4.97. The van der Waals surface area contributed by atoms with Crippen molar-refractivity contribution in [3.05, 3.63) is 51.6 Å². The lowest BCUT2D eigenvalue weighted by molar-refractivity contribution is 0.936. The fourth-order valence-corrected chi connectivity index (χ4v) is 4.04. The van der Waals surface area contributed by atoms with Crippen LogP contribution in [0.15, 0.2) is 41.8 Å². The van der Waals surface area contributed by atoms with E-state index >= 15 is 0 Å². The molecule has 84 valence electrons. The largest absolute Gasteiger partial charge is 0.174 e. The molecule has 0 spiro atoms. The van der Waals surface area contributed by atoms with Gasteiger partial charge in [0.2, 0.25) is 0 Å². The van der Waals surface area contributed by atoms with Gasteiger partial charge in [-0.15, -0.1) is 11.3 Å². The minimum absolute atomic E-state index is 0.513. The summed E-state index contributed by atoms with van der Waals surface area (Å²) < 4.78 is 0. The van der Waals surface area contributed by atoms with E-state index in [0.29, 0.717) is 5.92 Å². The van der Waals surface area contributed by atoms with Crippen molar-refractivity contribution in [2.24, 2.45) is 5.92 Å². The third kappa shape index (κ3) is 2.47. The van der Waals surface area contributed by atoms with Crippen LogP contribution in [0.25, 0.3) is 4.91 Å². The van der Waals surface area contributed by atoms with Gasteiger partial charge in [-0.25, -0.2) is 0 Å². The van der Waals surface area contributed by atoms with E-state index in [0.717, 1.165) is 5.75 Å². The summed E-state index contributed by atoms with van der Waals surface area (Å²) in [6.07, 6.45) is 6.29. The van der Waals surface area contributed by atoms with Crippen molar-refractivity contribution in [1.29, 1.82) is 0 Å². The molecule has 1 aliphatic rings. The van der Waals surface area contributed by atoms with Gasteiger partial charge in [-0.3, -0.25) is 0 Å². The first-order valence-electron chi connectivity index (χ1n) is 5.17. The minimum Gasteiger partial charge on any atom is -0.174 e. The zero-order chi connectivity index (χ0) is 11.5. The summed E-state index contributed by atoms with van der Waals surface area (Å²) in [6.45, 7) is 5.98. The summed E-state index contributed by atoms with van der Waals surface area (Å²) in [4.78, 5) is 5.44. The summed E-state index contributed by atoms with van der Waals surface area (Å²) in [7, 11) is 0. The molecule has 1 unspecified atom stereocenters. The number of hydrogen-bond acceptors (Lipinski definition) is 3. The highest BCUT2D eigenvalue weighted by molar-refractivity contribution is 8.12. The third-order valence-electron chi connectivity index (χ3n) is 2.42. The molecule has 0 aliphatic carbocycles. The SMILES string of the molecule is C=CC=C1SC(c2ccc(CS)s2)=CC1C. The summed E-state index contributed by atoms with van der Waals surface area (Å²) in [5.74, 6) is 1.34. The molecule has 0 bridgehead atoms. The highest BCUT2D eigenvalue weighted by Crippen LogP contribution is 2.46. The van der Waals surface area contributed by atoms with E-state index in [1.54, 1.807) is 0 Å². The second-order valence-corrected chi connectivity index (χ2v) is 6.25. The predicted molar refractivity (Wildman–Crippen MR) is 80.0 cm³/mol. The molecule has 16 heavy (non-hydrogen) atoms. The Balaban J connectivity index is 2.21. The number of hydrogen-bond donors (Lipinski definition) is 1. The van der Waals surface area contributed by atoms with Crippen molar-refractivity contribution in [2.45, 2.75) is 12.7 Å². The van der Waals surface area contributed by atoms with Gasteiger partial charge in [-0.2, -0.15) is 12.6 Å². The molecule has 0 fully saturated rings. The fourth-order valence-electron chi connectivity index (χ4n) is 1.59. The van der Waals surface area contributed by atoms with Crippen LogP contribution < -0.4 is 0 Å². The van der Waals surface area contributed by atoms with Gasteiger partial charge in [-0.05, 0) is 17.0 Å². The molecule has 1 aromatic rings. The third-order valence-corrected chi connectivity index (χ3v) is 5.54. The molecule has 1 aliphatic heterocycles. The van der Waals surface area contributed by atoms with Crippen molar-refractivity contribution < 1.29 is 0 Å². The molecular weight excluding hydrogens is 252 g/mol. The van der Waals surface area contributed by atoms with Crippen molar-refractivity contribution in [3.8, 4) is 0 Å². The number of thiophene rings is 1. The highest BCUT2D eigenvalue weighted by atomic mass is 32.2. The zero-order valence-corrected chi connectivity index (χ0v) is 11.7. The van der Waals surface area contributed by atoms with Crippen molar-refractivity contribution in [1.82, 2.24) is 0 Å². The Labute approximate surface area is 111 Å². The van der Waals surface area contributed by atoms with Gasteiger partial charge in [0.1, 0.15) is 0 Å². The number of thiol groups is 1. The number of allylic oxidation sites excluding steroid dienone is 4. The Morgan fingerprint density at radius 3 is 2.94 bits per heavy atom. The molecular formula is C13H14S3. The molecule has 0 aromatic carbocycles. The average molecular weight is 266 g/mol. The summed E-state index contributed by atoms with van der Waals surface area (Å²) in [5, 5.41) is 0. The first-order valence-corrected chi connectivity index (χ1v) is 7.43. The van der Waals surface area contributed by atoms with Crippen molar-refractivity contribution >= 4 is 40.6 Å². The molecule has 0 amide bonds. The molecule has 2 rings (SSSR count). The Morgan fingerprint density at radius 1 is 1.50 bits per heavy atom. The average Bonchev–Trinajstić information content (AvgIpc) is 2.86. The highest BCUT2D eigenvalue weighted by Gasteiger charge is 2.19. The van der Waals surface area contributed by atoms with Crippen LogP contribution in [0.5, 0.6) is 0 Å². The van der Waals surface area contributed by atoms with E-state index in [1.807, 2.05) is 29.2 Å². The van der Waals surface area contributed by atoms with E-state index in [1.165, 1.54) is 19.6 Å². The van der Waals surface area contributed by atoms with Crippen LogP contribution in [-0.2, 0) is 5.75 Å². The van der Waals surface area contributed by atoms with Crippen molar-refractivity contribution in [3.63, 3.8) is 0 Å². The molecule has 0 saturated heterocycles. The summed E-state index contributed by atoms with van der Waals surface area (Å²) in [6, 6.07) is 4.35. The second-order valence-electron chi connectivity index (χ2n) is 3.65. The van der Waals surface area contributed by atoms with Crippen LogP contribution in [0.3, 0.4) is 0 Å². The number of rotatable bonds is 3. The maximum absolute atomic E-state index is 4.29. The summed E-state index contributed by atoms with van der Waals surface area (Å²) in [5.41, 5.74) is 0. The zero-order valence-electron chi connectivity index (χ0n) is 9.14. The first kappa shape index (κ1) is 12.1. The maximum Gasteiger partial charge on any atom is 0.0409 e. The molecule has 0 radical (unpaired) electrons. The van der Waals surface area contributed by atoms with E-state index < -0.39 is 0 Å². The van der Waals surface area contributed by atoms with Gasteiger partial charge in [0.05, 0.1) is 0 Å². The second kappa shape index (κ2) is 5.30. The van der Waals surface area contributed by atoms with E-state index in [2.05, 4.69) is 50.4 Å². The Hall–Kier alpha value is -0.380. The van der Waals surface area contributed by atoms with Gasteiger partial charge in [0.25, 0.3) is 0 Å². The topological polar surface area (TPSA) is 0 Å². The van der Waals surface area contributed by atoms with Crippen LogP contribution in [0, 0.1) is 5.92 Å². The lowest BCUT2D eigenvalue weighted by Gasteiger charge is -2.00. The van der Waals surface area contributed by atoms with E-state index in [4.69, 9.17) is 0 Å². The van der Waals surface area contributed by atoms with Gasteiger partial charge in [0, 0.05) is 26.3 Å². The monoisotopic (exact) mass is 266 g/mol. The molecule has 0 nitrogen and oxygen atoms in total. The molecule has 2 heterocycles. The van der Waals surface area contributed by atoms with Crippen LogP contribution in [0.2, 0.25) is 0 Å². The van der Waals surface area contributed by atoms with Crippen LogP contribution in [-0.4, -0.2) is 0 Å². The quantitative estimate of drug-likeness (QED) is 0.754. The van der Waals surface area contributed by atoms with Crippen LogP contribution in [0.1, 0.15) is 16.7 Å². The van der Waals surface area contributed by atoms with E-state index in [-0.39, 0.29) is 0 Å². The Morgan fingerprint density at radius 2 is 2.31 bits per heavy atom. The molecule has 3 heteroatoms. The first-order chi connectivity index (χ1) is 7.74. The minimum atomic E-state index is 0.513. The van der Waals surface area contributed by atoms with Crippen LogP contribution >= 0.6 is 35.7 Å². The van der Waals surface area contributed by atoms with E-state index in [9.17, 15) is 0 Å². The van der Waals surface area contributed by atoms with Gasteiger partial charge < -0.3 is 0 Å². The molecule has 0 N–H and O–H groups in total. The van der Waals surface area contributed by atoms with Gasteiger partial charge in [-0.1, -0.05) is 43.5 Å². The molecule has 1 atom stereocenters. The van der Waals surface area contributed by atoms with Crippen molar-refractivity contribution in [2.75, 3.05) is 0 Å². The Bertz CT molecular complexity index is 451. The molecule has 0 saturated carbocycles. The van der Waals surface area contributed by atoms with Crippen LogP contribution in [0.4, 0.5) is 0 Å². The standard InChI is InChI=1S/C13H14S3/c1-3-4-11-9(2)7-13(16-11)12-6-5-10(8-14)15-12/h3-7,9,14H,1,8H2,2H3. The van der Waals surface area contributed by atoms with Gasteiger partial charge >= 0.3 is 0 Å². The normalized spacial score (nSPS) is 22.5. The Kier molecular flexibility index (Phi) is 4.00. The maximum atomic E-state index is 4.29. The number of thioether (sulfide) groups is 1. The smallest absolute Gasteiger partial charge is 0.0409 e. The lowest BCUT2D eigenvalue weighted by atomic mass is 10.1. The fraction of sp³-hybridized carbons (Fsp3) is 0.231. The summed E-state index contributed by atoms with van der Waals surface area (Å²) >= 11 is 7.98. The van der Waals surface area contributed by atoms with Gasteiger partial charge in [0.15, 0.2) is 0 Å². The molecule has 1 aromatic heterocycles. The lowest BCUT2D eigenvalue weighted by Crippen LogP contribution is -1.83.